The topological polar surface area (TPSA) is 236 Å². The second-order valence-electron chi connectivity index (χ2n) is 6.14. The summed E-state index contributed by atoms with van der Waals surface area (Å²) in [5.41, 5.74) is 0. The number of aliphatic hydroxyl groups excluding tert-OH is 7. The Bertz CT molecular complexity index is 528. The first-order valence-electron chi connectivity index (χ1n) is 7.82. The second-order valence-corrected chi connectivity index (χ2v) is 7.33. The third-order valence-electron chi connectivity index (χ3n) is 4.20. The molecule has 2 rings (SSSR count). The van der Waals surface area contributed by atoms with Gasteiger partial charge in [0.05, 0.1) is 13.2 Å². The lowest BCUT2D eigenvalue weighted by Crippen LogP contribution is -2.61. The molecule has 0 unspecified atom stereocenters. The van der Waals surface area contributed by atoms with Gasteiger partial charge in [-0.25, -0.2) is 4.57 Å². The SMILES string of the molecule is O=P(O)(O)O[C@H]1[C@H](OC[C@H]2O[C@@H](O)[C@H](O)[C@@H](O)[C@@H]2O)O[C@H](CO)[C@@H](O)[C@@H]1O. The third kappa shape index (κ3) is 5.41. The van der Waals surface area contributed by atoms with Crippen LogP contribution in [0.25, 0.3) is 0 Å². The Morgan fingerprint density at radius 3 is 1.96 bits per heavy atom. The van der Waals surface area contributed by atoms with E-state index < -0.39 is 82.4 Å². The summed E-state index contributed by atoms with van der Waals surface area (Å²) in [5.74, 6) is 0. The molecule has 2 fully saturated rings. The van der Waals surface area contributed by atoms with Gasteiger partial charge in [-0.3, -0.25) is 4.52 Å². The van der Waals surface area contributed by atoms with Crippen molar-refractivity contribution < 1.29 is 68.8 Å². The van der Waals surface area contributed by atoms with Gasteiger partial charge in [0.25, 0.3) is 0 Å². The molecule has 2 saturated heterocycles. The van der Waals surface area contributed by atoms with Gasteiger partial charge in [0, 0.05) is 0 Å². The molecule has 0 aromatic rings. The molecule has 0 saturated carbocycles. The smallest absolute Gasteiger partial charge is 0.394 e. The summed E-state index contributed by atoms with van der Waals surface area (Å²) in [4.78, 5) is 17.9. The highest BCUT2D eigenvalue weighted by Gasteiger charge is 2.49. The lowest BCUT2D eigenvalue weighted by molar-refractivity contribution is -0.323. The second kappa shape index (κ2) is 9.02. The number of phosphoric ester groups is 1. The number of hydrogen-bond donors (Lipinski definition) is 9. The summed E-state index contributed by atoms with van der Waals surface area (Å²) in [7, 11) is -5.15. The first kappa shape index (κ1) is 23.0. The average Bonchev–Trinajstić information content (AvgIpc) is 2.59. The van der Waals surface area contributed by atoms with Crippen LogP contribution in [-0.2, 0) is 23.3 Å². The van der Waals surface area contributed by atoms with Gasteiger partial charge in [0.1, 0.15) is 48.8 Å². The highest BCUT2D eigenvalue weighted by Crippen LogP contribution is 2.41. The number of ether oxygens (including phenoxy) is 3. The zero-order chi connectivity index (χ0) is 20.5. The Morgan fingerprint density at radius 1 is 0.815 bits per heavy atom. The van der Waals surface area contributed by atoms with Gasteiger partial charge in [-0.15, -0.1) is 0 Å². The first-order chi connectivity index (χ1) is 12.5. The van der Waals surface area contributed by atoms with E-state index >= 15 is 0 Å². The molecule has 0 spiro atoms. The summed E-state index contributed by atoms with van der Waals surface area (Å²) in [6.45, 7) is -1.42. The molecular weight excluding hydrogens is 399 g/mol. The molecule has 0 radical (unpaired) electrons. The predicted molar refractivity (Wildman–Crippen MR) is 79.5 cm³/mol. The van der Waals surface area contributed by atoms with Gasteiger partial charge in [-0.05, 0) is 0 Å². The maximum atomic E-state index is 11.1. The molecule has 10 atom stereocenters. The van der Waals surface area contributed by atoms with Gasteiger partial charge < -0.3 is 59.7 Å². The van der Waals surface area contributed by atoms with E-state index in [1.807, 2.05) is 0 Å². The van der Waals surface area contributed by atoms with E-state index in [2.05, 4.69) is 4.52 Å². The van der Waals surface area contributed by atoms with E-state index in [1.165, 1.54) is 0 Å². The van der Waals surface area contributed by atoms with Crippen LogP contribution >= 0.6 is 7.82 Å². The molecule has 9 N–H and O–H groups in total. The average molecular weight is 422 g/mol. The van der Waals surface area contributed by atoms with E-state index in [1.54, 1.807) is 0 Å². The lowest BCUT2D eigenvalue weighted by Gasteiger charge is -2.43. The molecule has 0 aromatic heterocycles. The molecule has 0 aromatic carbocycles. The summed E-state index contributed by atoms with van der Waals surface area (Å²) >= 11 is 0. The van der Waals surface area contributed by atoms with Crippen molar-refractivity contribution in [2.75, 3.05) is 13.2 Å². The van der Waals surface area contributed by atoms with Crippen LogP contribution in [0.5, 0.6) is 0 Å². The molecule has 27 heavy (non-hydrogen) atoms. The van der Waals surface area contributed by atoms with Crippen molar-refractivity contribution in [1.82, 2.24) is 0 Å². The van der Waals surface area contributed by atoms with Crippen LogP contribution in [0.3, 0.4) is 0 Å². The Morgan fingerprint density at radius 2 is 1.41 bits per heavy atom. The number of rotatable bonds is 6. The third-order valence-corrected chi connectivity index (χ3v) is 4.71. The summed E-state index contributed by atoms with van der Waals surface area (Å²) in [6.07, 6.45) is -17.1. The van der Waals surface area contributed by atoms with E-state index in [9.17, 15) is 35.2 Å². The molecular formula is C12H23O14P. The number of hydrogen-bond acceptors (Lipinski definition) is 12. The molecule has 160 valence electrons. The standard InChI is InChI=1S/C12H23O14P/c13-1-3-5(14)8(17)10(26-27(20,21)22)12(25-3)23-2-4-6(15)7(16)9(18)11(19)24-4/h3-19H,1-2H2,(H2,20,21,22)/t3-,4-,5-,6-,7+,8+,9-,10-,11-,12-/m1/s1. The Labute approximate surface area is 152 Å². The van der Waals surface area contributed by atoms with Crippen molar-refractivity contribution in [1.29, 1.82) is 0 Å². The molecule has 2 heterocycles. The van der Waals surface area contributed by atoms with Crippen LogP contribution < -0.4 is 0 Å². The zero-order valence-electron chi connectivity index (χ0n) is 13.7. The summed E-state index contributed by atoms with van der Waals surface area (Å²) in [6, 6.07) is 0. The molecule has 15 heteroatoms. The fraction of sp³-hybridized carbons (Fsp3) is 1.00. The van der Waals surface area contributed by atoms with Crippen LogP contribution in [0, 0.1) is 0 Å². The molecule has 2 aliphatic heterocycles. The minimum absolute atomic E-state index is 0.644. The van der Waals surface area contributed by atoms with E-state index in [-0.39, 0.29) is 0 Å². The van der Waals surface area contributed by atoms with Crippen molar-refractivity contribution >= 4 is 7.82 Å². The van der Waals surface area contributed by atoms with E-state index in [0.29, 0.717) is 0 Å². The number of phosphoric acid groups is 1. The lowest BCUT2D eigenvalue weighted by atomic mass is 9.98. The van der Waals surface area contributed by atoms with Crippen molar-refractivity contribution in [2.24, 2.45) is 0 Å². The minimum Gasteiger partial charge on any atom is -0.394 e. The van der Waals surface area contributed by atoms with Gasteiger partial charge in [0.2, 0.25) is 0 Å². The zero-order valence-corrected chi connectivity index (χ0v) is 14.6. The number of aliphatic hydroxyl groups is 7. The molecule has 2 aliphatic rings. The molecule has 0 aliphatic carbocycles. The Kier molecular flexibility index (Phi) is 7.68. The van der Waals surface area contributed by atoms with Crippen molar-refractivity contribution in [3.8, 4) is 0 Å². The van der Waals surface area contributed by atoms with Crippen LogP contribution in [0.1, 0.15) is 0 Å². The normalized spacial score (nSPS) is 46.4. The summed E-state index contributed by atoms with van der Waals surface area (Å²) < 4.78 is 30.6. The van der Waals surface area contributed by atoms with Gasteiger partial charge >= 0.3 is 7.82 Å². The largest absolute Gasteiger partial charge is 0.470 e. The minimum atomic E-state index is -5.15. The highest BCUT2D eigenvalue weighted by atomic mass is 31.2. The van der Waals surface area contributed by atoms with Gasteiger partial charge in [-0.2, -0.15) is 0 Å². The van der Waals surface area contributed by atoms with Crippen LogP contribution in [0.2, 0.25) is 0 Å². The fourth-order valence-corrected chi connectivity index (χ4v) is 3.26. The molecule has 0 bridgehead atoms. The monoisotopic (exact) mass is 422 g/mol. The van der Waals surface area contributed by atoms with E-state index in [0.717, 1.165) is 0 Å². The maximum absolute atomic E-state index is 11.1. The summed E-state index contributed by atoms with van der Waals surface area (Å²) in [5, 5.41) is 67.3. The quantitative estimate of drug-likeness (QED) is 0.182. The Balaban J connectivity index is 2.09. The van der Waals surface area contributed by atoms with Crippen molar-refractivity contribution in [3.05, 3.63) is 0 Å². The molecule has 14 nitrogen and oxygen atoms in total. The van der Waals surface area contributed by atoms with Gasteiger partial charge in [-0.1, -0.05) is 0 Å². The predicted octanol–water partition coefficient (Wildman–Crippen LogP) is -5.28. The van der Waals surface area contributed by atoms with Crippen molar-refractivity contribution in [2.45, 2.75) is 61.4 Å². The first-order valence-corrected chi connectivity index (χ1v) is 9.35. The van der Waals surface area contributed by atoms with E-state index in [4.69, 9.17) is 29.1 Å². The molecule has 0 amide bonds. The van der Waals surface area contributed by atoms with Crippen molar-refractivity contribution in [3.63, 3.8) is 0 Å². The van der Waals surface area contributed by atoms with Crippen LogP contribution in [0.15, 0.2) is 0 Å². The van der Waals surface area contributed by atoms with Crippen LogP contribution in [0.4, 0.5) is 0 Å². The fourth-order valence-electron chi connectivity index (χ4n) is 2.72. The van der Waals surface area contributed by atoms with Gasteiger partial charge in [0.15, 0.2) is 12.6 Å². The van der Waals surface area contributed by atoms with Crippen LogP contribution in [-0.4, -0.2) is 120 Å². The Hall–Kier alpha value is -0.290. The maximum Gasteiger partial charge on any atom is 0.470 e. The highest BCUT2D eigenvalue weighted by molar-refractivity contribution is 7.46.